The van der Waals surface area contributed by atoms with Crippen molar-refractivity contribution >= 4 is 23.5 Å². The van der Waals surface area contributed by atoms with Crippen molar-refractivity contribution in [2.75, 3.05) is 32.7 Å². The minimum atomic E-state index is -0.969. The Hall–Kier alpha value is -3.45. The lowest BCUT2D eigenvalue weighted by Gasteiger charge is -2.25. The summed E-state index contributed by atoms with van der Waals surface area (Å²) >= 11 is 0. The number of carboxylic acids is 1. The summed E-state index contributed by atoms with van der Waals surface area (Å²) in [5.41, 5.74) is 4.05. The van der Waals surface area contributed by atoms with E-state index in [-0.39, 0.29) is 11.5 Å². The number of hydrogen-bond acceptors (Lipinski definition) is 4. The van der Waals surface area contributed by atoms with Gasteiger partial charge in [0.15, 0.2) is 0 Å². The van der Waals surface area contributed by atoms with Crippen LogP contribution in [0.5, 0.6) is 0 Å². The molecular formula is C33H44N4O3. The van der Waals surface area contributed by atoms with Gasteiger partial charge in [0.05, 0.1) is 11.1 Å². The van der Waals surface area contributed by atoms with Crippen molar-refractivity contribution in [3.8, 4) is 11.3 Å². The molecular weight excluding hydrogens is 500 g/mol. The molecule has 0 saturated carbocycles. The molecule has 0 radical (unpaired) electrons. The highest BCUT2D eigenvalue weighted by Crippen LogP contribution is 2.29. The van der Waals surface area contributed by atoms with Gasteiger partial charge in [-0.25, -0.2) is 9.31 Å². The Morgan fingerprint density at radius 1 is 0.975 bits per heavy atom. The summed E-state index contributed by atoms with van der Waals surface area (Å²) in [6.07, 6.45) is 11.8. The van der Waals surface area contributed by atoms with Crippen LogP contribution in [0.2, 0.25) is 0 Å². The van der Waals surface area contributed by atoms with Crippen molar-refractivity contribution in [2.24, 2.45) is 11.8 Å². The molecule has 1 amide bonds. The quantitative estimate of drug-likeness (QED) is 0.273. The fraction of sp³-hybridized carbons (Fsp3) is 0.485. The number of carbonyl (C=O) groups is 2. The maximum atomic E-state index is 13.7. The number of aromatic nitrogens is 2. The smallest absolute Gasteiger partial charge is 0.335 e. The Bertz CT molecular complexity index is 1320. The average Bonchev–Trinajstić information content (AvgIpc) is 3.31. The lowest BCUT2D eigenvalue weighted by atomic mass is 10.0. The van der Waals surface area contributed by atoms with Crippen LogP contribution in [0, 0.1) is 11.8 Å². The van der Waals surface area contributed by atoms with Gasteiger partial charge in [-0.2, -0.15) is 5.10 Å². The van der Waals surface area contributed by atoms with Gasteiger partial charge < -0.3 is 10.0 Å². The number of piperidine rings is 1. The molecule has 40 heavy (non-hydrogen) atoms. The van der Waals surface area contributed by atoms with Crippen LogP contribution in [-0.4, -0.2) is 69.1 Å². The van der Waals surface area contributed by atoms with Crippen molar-refractivity contribution in [1.82, 2.24) is 19.4 Å². The van der Waals surface area contributed by atoms with E-state index >= 15 is 0 Å². The van der Waals surface area contributed by atoms with E-state index in [1.165, 1.54) is 19.3 Å². The number of pyridine rings is 1. The van der Waals surface area contributed by atoms with Crippen molar-refractivity contribution in [3.05, 3.63) is 65.4 Å². The molecule has 1 aliphatic heterocycles. The molecule has 4 rings (SSSR count). The maximum absolute atomic E-state index is 13.7. The van der Waals surface area contributed by atoms with Crippen molar-refractivity contribution in [2.45, 2.75) is 59.8 Å². The predicted octanol–water partition coefficient (Wildman–Crippen LogP) is 6.73. The monoisotopic (exact) mass is 544 g/mol. The Labute approximate surface area is 238 Å². The Balaban J connectivity index is 1.72. The minimum absolute atomic E-state index is 0.0441. The number of carbonyl (C=O) groups excluding carboxylic acids is 1. The summed E-state index contributed by atoms with van der Waals surface area (Å²) in [6.45, 7) is 13.3. The van der Waals surface area contributed by atoms with Crippen molar-refractivity contribution < 1.29 is 14.7 Å². The van der Waals surface area contributed by atoms with Crippen molar-refractivity contribution in [3.63, 3.8) is 0 Å². The second kappa shape index (κ2) is 13.8. The lowest BCUT2D eigenvalue weighted by molar-refractivity contribution is 0.0695. The molecule has 3 heterocycles. The van der Waals surface area contributed by atoms with Crippen LogP contribution in [0.3, 0.4) is 0 Å². The third-order valence-corrected chi connectivity index (χ3v) is 7.64. The summed E-state index contributed by atoms with van der Waals surface area (Å²) in [6, 6.07) is 10.7. The average molecular weight is 545 g/mol. The van der Waals surface area contributed by atoms with E-state index in [0.717, 1.165) is 62.2 Å². The normalized spacial score (nSPS) is 14.6. The first kappa shape index (κ1) is 29.5. The fourth-order valence-electron chi connectivity index (χ4n) is 5.16. The van der Waals surface area contributed by atoms with Crippen molar-refractivity contribution in [1.29, 1.82) is 0 Å². The summed E-state index contributed by atoms with van der Waals surface area (Å²) < 4.78 is 1.80. The zero-order chi connectivity index (χ0) is 28.6. The van der Waals surface area contributed by atoms with Crippen LogP contribution < -0.4 is 0 Å². The van der Waals surface area contributed by atoms with E-state index in [4.69, 9.17) is 5.10 Å². The minimum Gasteiger partial charge on any atom is -0.478 e. The molecule has 0 unspecified atom stereocenters. The van der Waals surface area contributed by atoms with Gasteiger partial charge in [-0.1, -0.05) is 58.4 Å². The molecule has 0 spiro atoms. The number of carboxylic acid groups (broad SMARTS) is 1. The fourth-order valence-corrected chi connectivity index (χ4v) is 5.16. The van der Waals surface area contributed by atoms with Gasteiger partial charge in [-0.05, 0) is 74.9 Å². The zero-order valence-corrected chi connectivity index (χ0v) is 24.5. The second-order valence-corrected chi connectivity index (χ2v) is 11.8. The number of nitrogens with zero attached hydrogens (tertiary/aromatic N) is 4. The first-order chi connectivity index (χ1) is 19.2. The van der Waals surface area contributed by atoms with Crippen LogP contribution in [0.25, 0.3) is 22.9 Å². The number of benzene rings is 1. The summed E-state index contributed by atoms with van der Waals surface area (Å²) in [4.78, 5) is 29.9. The highest BCUT2D eigenvalue weighted by molar-refractivity contribution is 5.97. The Morgan fingerprint density at radius 3 is 2.33 bits per heavy atom. The summed E-state index contributed by atoms with van der Waals surface area (Å²) in [5.74, 6) is 0.117. The van der Waals surface area contributed by atoms with Crippen LogP contribution in [-0.2, 0) is 0 Å². The van der Waals surface area contributed by atoms with Gasteiger partial charge in [-0.15, -0.1) is 0 Å². The molecule has 7 heteroatoms. The zero-order valence-electron chi connectivity index (χ0n) is 24.5. The van der Waals surface area contributed by atoms with E-state index in [9.17, 15) is 14.7 Å². The number of rotatable bonds is 12. The van der Waals surface area contributed by atoms with Crippen LogP contribution in [0.1, 0.15) is 86.1 Å². The first-order valence-corrected chi connectivity index (χ1v) is 14.8. The lowest BCUT2D eigenvalue weighted by Crippen LogP contribution is -2.34. The van der Waals surface area contributed by atoms with Crippen LogP contribution >= 0.6 is 0 Å². The Morgan fingerprint density at radius 2 is 1.68 bits per heavy atom. The highest BCUT2D eigenvalue weighted by atomic mass is 16.4. The van der Waals surface area contributed by atoms with Gasteiger partial charge in [0.2, 0.25) is 0 Å². The van der Waals surface area contributed by atoms with E-state index in [1.807, 2.05) is 29.3 Å². The molecule has 1 saturated heterocycles. The van der Waals surface area contributed by atoms with E-state index in [2.05, 4.69) is 44.7 Å². The molecule has 0 bridgehead atoms. The number of fused-ring (bicyclic) bond motifs is 1. The SMILES string of the molecule is CC(C)CCN(CCC(C)C)C(=O)c1ccn2nc(-c3cccc(C(=O)O)c3)c(/C=C/CN3CCCCC3)c2c1. The molecule has 0 aliphatic carbocycles. The predicted molar refractivity (Wildman–Crippen MR) is 162 cm³/mol. The molecule has 0 atom stereocenters. The van der Waals surface area contributed by atoms with Gasteiger partial charge >= 0.3 is 5.97 Å². The molecule has 7 nitrogen and oxygen atoms in total. The molecule has 2 aromatic heterocycles. The van der Waals surface area contributed by atoms with Gasteiger partial charge in [0.25, 0.3) is 5.91 Å². The second-order valence-electron chi connectivity index (χ2n) is 11.8. The Kier molecular flexibility index (Phi) is 10.2. The maximum Gasteiger partial charge on any atom is 0.335 e. The summed E-state index contributed by atoms with van der Waals surface area (Å²) in [5, 5.41) is 14.4. The number of likely N-dealkylation sites (tertiary alicyclic amines) is 1. The third kappa shape index (κ3) is 7.60. The van der Waals surface area contributed by atoms with Crippen LogP contribution in [0.15, 0.2) is 48.7 Å². The standard InChI is InChI=1S/C33H44N4O3/c1-24(2)13-19-36(20-14-25(3)4)32(38)27-15-21-37-30(23-27)29(12-9-18-35-16-6-5-7-17-35)31(34-37)26-10-8-11-28(22-26)33(39)40/h8-12,15,21-25H,5-7,13-14,16-20H2,1-4H3,(H,39,40)/b12-9+. The molecule has 1 aliphatic rings. The molecule has 1 aromatic carbocycles. The molecule has 1 fully saturated rings. The number of hydrogen-bond donors (Lipinski definition) is 1. The summed E-state index contributed by atoms with van der Waals surface area (Å²) in [7, 11) is 0. The number of amides is 1. The van der Waals surface area contributed by atoms with Crippen LogP contribution in [0.4, 0.5) is 0 Å². The molecule has 214 valence electrons. The van der Waals surface area contributed by atoms with E-state index in [1.54, 1.807) is 22.7 Å². The number of aromatic carboxylic acids is 1. The topological polar surface area (TPSA) is 78.1 Å². The van der Waals surface area contributed by atoms with E-state index in [0.29, 0.717) is 23.1 Å². The van der Waals surface area contributed by atoms with Gasteiger partial charge in [0.1, 0.15) is 5.69 Å². The molecule has 3 aromatic rings. The first-order valence-electron chi connectivity index (χ1n) is 14.8. The highest BCUT2D eigenvalue weighted by Gasteiger charge is 2.20. The largest absolute Gasteiger partial charge is 0.478 e. The van der Waals surface area contributed by atoms with Gasteiger partial charge in [0, 0.05) is 42.5 Å². The molecule has 1 N–H and O–H groups in total. The van der Waals surface area contributed by atoms with Gasteiger partial charge in [-0.3, -0.25) is 9.69 Å². The van der Waals surface area contributed by atoms with E-state index < -0.39 is 5.97 Å². The third-order valence-electron chi connectivity index (χ3n) is 7.64.